The Bertz CT molecular complexity index is 331. The van der Waals surface area contributed by atoms with Crippen LogP contribution in [0.4, 0.5) is 5.69 Å². The summed E-state index contributed by atoms with van der Waals surface area (Å²) in [6.07, 6.45) is 0. The van der Waals surface area contributed by atoms with Gasteiger partial charge in [0.05, 0.1) is 11.3 Å². The van der Waals surface area contributed by atoms with Gasteiger partial charge in [-0.15, -0.1) is 0 Å². The topological polar surface area (TPSA) is 46.2 Å². The number of hydrogen-bond donors (Lipinski definition) is 2. The molecule has 0 radical (unpaired) electrons. The molecule has 0 atom stereocenters. The van der Waals surface area contributed by atoms with Crippen molar-refractivity contribution in [3.63, 3.8) is 0 Å². The maximum atomic E-state index is 9.80. The molecule has 0 aliphatic heterocycles. The van der Waals surface area contributed by atoms with E-state index in [1.807, 2.05) is 12.1 Å². The van der Waals surface area contributed by atoms with Crippen LogP contribution in [0.3, 0.4) is 0 Å². The van der Waals surface area contributed by atoms with Gasteiger partial charge in [0, 0.05) is 14.5 Å². The number of nitrogens with two attached hydrogens (primary N) is 1. The van der Waals surface area contributed by atoms with Gasteiger partial charge in [-0.3, -0.25) is 0 Å². The summed E-state index contributed by atoms with van der Waals surface area (Å²) in [6, 6.07) is 3.67. The maximum Gasteiger partial charge on any atom is 0.0861 e. The van der Waals surface area contributed by atoms with Crippen molar-refractivity contribution < 1.29 is 5.11 Å². The Hall–Kier alpha value is -0.0600. The normalized spacial score (nSPS) is 11.8. The molecule has 0 aliphatic rings. The molecule has 1 rings (SSSR count). The Morgan fingerprint density at radius 2 is 1.85 bits per heavy atom. The first-order chi connectivity index (χ1) is 5.82. The lowest BCUT2D eigenvalue weighted by Gasteiger charge is -2.21. The summed E-state index contributed by atoms with van der Waals surface area (Å²) in [6.45, 7) is 3.41. The molecule has 4 heteroatoms. The first-order valence-electron chi connectivity index (χ1n) is 3.79. The molecule has 0 aliphatic carbocycles. The molecule has 1 aromatic rings. The Labute approximate surface area is 94.4 Å². The quantitative estimate of drug-likeness (QED) is 0.783. The van der Waals surface area contributed by atoms with Gasteiger partial charge in [0.15, 0.2) is 0 Å². The second kappa shape index (κ2) is 3.59. The number of benzene rings is 1. The molecule has 0 amide bonds. The smallest absolute Gasteiger partial charge is 0.0861 e. The van der Waals surface area contributed by atoms with Crippen LogP contribution < -0.4 is 5.73 Å². The number of halogens is 2. The van der Waals surface area contributed by atoms with E-state index in [0.29, 0.717) is 11.3 Å². The molecule has 1 aromatic carbocycles. The summed E-state index contributed by atoms with van der Waals surface area (Å²) in [5, 5.41) is 9.80. The van der Waals surface area contributed by atoms with Gasteiger partial charge >= 0.3 is 0 Å². The molecule has 3 N–H and O–H groups in total. The van der Waals surface area contributed by atoms with Crippen LogP contribution >= 0.6 is 31.9 Å². The number of hydrogen-bond acceptors (Lipinski definition) is 2. The number of aliphatic hydroxyl groups is 1. The van der Waals surface area contributed by atoms with Crippen molar-refractivity contribution in [1.29, 1.82) is 0 Å². The first-order valence-corrected chi connectivity index (χ1v) is 5.38. The zero-order valence-corrected chi connectivity index (χ0v) is 10.6. The summed E-state index contributed by atoms with van der Waals surface area (Å²) in [5.74, 6) is 0. The molecule has 0 unspecified atom stereocenters. The fraction of sp³-hybridized carbons (Fsp3) is 0.333. The molecule has 2 nitrogen and oxygen atoms in total. The molecule has 0 saturated heterocycles. The standard InChI is InChI=1S/C9H11Br2NO/c1-9(2,13)6-3-5(10)4-7(11)8(6)12/h3-4,13H,12H2,1-2H3. The van der Waals surface area contributed by atoms with Gasteiger partial charge in [-0.25, -0.2) is 0 Å². The first kappa shape index (κ1) is 11.0. The van der Waals surface area contributed by atoms with Gasteiger partial charge in [-0.1, -0.05) is 15.9 Å². The van der Waals surface area contributed by atoms with Crippen LogP contribution in [0.1, 0.15) is 19.4 Å². The molecule has 13 heavy (non-hydrogen) atoms. The highest BCUT2D eigenvalue weighted by Gasteiger charge is 2.20. The summed E-state index contributed by atoms with van der Waals surface area (Å²) in [4.78, 5) is 0. The van der Waals surface area contributed by atoms with Gasteiger partial charge in [0.25, 0.3) is 0 Å². The van der Waals surface area contributed by atoms with Crippen molar-refractivity contribution in [2.75, 3.05) is 5.73 Å². The van der Waals surface area contributed by atoms with E-state index in [4.69, 9.17) is 5.73 Å². The van der Waals surface area contributed by atoms with Crippen LogP contribution in [0.15, 0.2) is 21.1 Å². The highest BCUT2D eigenvalue weighted by molar-refractivity contribution is 9.11. The third-order valence-electron chi connectivity index (χ3n) is 1.75. The van der Waals surface area contributed by atoms with Crippen LogP contribution in [-0.4, -0.2) is 5.11 Å². The van der Waals surface area contributed by atoms with E-state index in [1.54, 1.807) is 13.8 Å². The van der Waals surface area contributed by atoms with E-state index >= 15 is 0 Å². The zero-order valence-electron chi connectivity index (χ0n) is 7.44. The second-order valence-corrected chi connectivity index (χ2v) is 5.18. The average molecular weight is 309 g/mol. The van der Waals surface area contributed by atoms with E-state index in [9.17, 15) is 5.11 Å². The van der Waals surface area contributed by atoms with Gasteiger partial charge in [-0.05, 0) is 41.9 Å². The second-order valence-electron chi connectivity index (χ2n) is 3.41. The highest BCUT2D eigenvalue weighted by Crippen LogP contribution is 2.34. The average Bonchev–Trinajstić information content (AvgIpc) is 1.94. The Morgan fingerprint density at radius 1 is 1.31 bits per heavy atom. The van der Waals surface area contributed by atoms with Crippen molar-refractivity contribution in [2.45, 2.75) is 19.4 Å². The number of anilines is 1. The van der Waals surface area contributed by atoms with Crippen molar-refractivity contribution >= 4 is 37.5 Å². The lowest BCUT2D eigenvalue weighted by atomic mass is 9.97. The lowest BCUT2D eigenvalue weighted by Crippen LogP contribution is -2.17. The van der Waals surface area contributed by atoms with Crippen molar-refractivity contribution in [2.24, 2.45) is 0 Å². The van der Waals surface area contributed by atoms with Gasteiger partial charge in [0.2, 0.25) is 0 Å². The number of nitrogen functional groups attached to an aromatic ring is 1. The lowest BCUT2D eigenvalue weighted by molar-refractivity contribution is 0.0793. The molecule has 0 bridgehead atoms. The number of rotatable bonds is 1. The van der Waals surface area contributed by atoms with Gasteiger partial charge < -0.3 is 10.8 Å². The van der Waals surface area contributed by atoms with E-state index < -0.39 is 5.60 Å². The van der Waals surface area contributed by atoms with Crippen LogP contribution in [0.5, 0.6) is 0 Å². The predicted molar refractivity (Wildman–Crippen MR) is 61.5 cm³/mol. The Morgan fingerprint density at radius 3 is 2.31 bits per heavy atom. The highest BCUT2D eigenvalue weighted by atomic mass is 79.9. The van der Waals surface area contributed by atoms with Crippen molar-refractivity contribution in [1.82, 2.24) is 0 Å². The third kappa shape index (κ3) is 2.45. The minimum Gasteiger partial charge on any atom is -0.398 e. The summed E-state index contributed by atoms with van der Waals surface area (Å²) in [5.41, 5.74) is 6.19. The minimum absolute atomic E-state index is 0.579. The minimum atomic E-state index is -0.920. The van der Waals surface area contributed by atoms with E-state index in [2.05, 4.69) is 31.9 Å². The van der Waals surface area contributed by atoms with Crippen molar-refractivity contribution in [3.05, 3.63) is 26.6 Å². The molecule has 0 saturated carbocycles. The molecule has 0 fully saturated rings. The monoisotopic (exact) mass is 307 g/mol. The van der Waals surface area contributed by atoms with Gasteiger partial charge in [0.1, 0.15) is 0 Å². The van der Waals surface area contributed by atoms with E-state index in [1.165, 1.54) is 0 Å². The fourth-order valence-corrected chi connectivity index (χ4v) is 2.32. The van der Waals surface area contributed by atoms with E-state index in [-0.39, 0.29) is 0 Å². The molecular formula is C9H11Br2NO. The molecule has 72 valence electrons. The molecular weight excluding hydrogens is 298 g/mol. The van der Waals surface area contributed by atoms with E-state index in [0.717, 1.165) is 8.95 Å². The summed E-state index contributed by atoms with van der Waals surface area (Å²) in [7, 11) is 0. The Kier molecular flexibility index (Phi) is 3.05. The predicted octanol–water partition coefficient (Wildman–Crippen LogP) is 3.02. The fourth-order valence-electron chi connectivity index (χ4n) is 1.09. The van der Waals surface area contributed by atoms with Crippen LogP contribution in [0.2, 0.25) is 0 Å². The maximum absolute atomic E-state index is 9.80. The van der Waals surface area contributed by atoms with Crippen LogP contribution in [0.25, 0.3) is 0 Å². The van der Waals surface area contributed by atoms with Gasteiger partial charge in [-0.2, -0.15) is 0 Å². The van der Waals surface area contributed by atoms with Crippen molar-refractivity contribution in [3.8, 4) is 0 Å². The van der Waals surface area contributed by atoms with Crippen LogP contribution in [-0.2, 0) is 5.60 Å². The Balaban J connectivity index is 3.37. The largest absolute Gasteiger partial charge is 0.398 e. The molecule has 0 heterocycles. The summed E-state index contributed by atoms with van der Waals surface area (Å²) < 4.78 is 1.68. The third-order valence-corrected chi connectivity index (χ3v) is 2.87. The summed E-state index contributed by atoms with van der Waals surface area (Å²) >= 11 is 6.67. The molecule has 0 spiro atoms. The molecule has 0 aromatic heterocycles. The SMILES string of the molecule is CC(C)(O)c1cc(Br)cc(Br)c1N. The zero-order chi connectivity index (χ0) is 10.2. The van der Waals surface area contributed by atoms with Crippen LogP contribution in [0, 0.1) is 0 Å².